The van der Waals surface area contributed by atoms with Crippen LogP contribution in [0.2, 0.25) is 0 Å². The summed E-state index contributed by atoms with van der Waals surface area (Å²) in [5, 5.41) is 56.6. The van der Waals surface area contributed by atoms with E-state index in [4.69, 9.17) is 80.3 Å². The van der Waals surface area contributed by atoms with E-state index in [1.54, 1.807) is 6.92 Å². The number of rotatable bonds is 46. The van der Waals surface area contributed by atoms with Gasteiger partial charge in [0.25, 0.3) is 7.82 Å². The van der Waals surface area contributed by atoms with Crippen LogP contribution in [0.1, 0.15) is 293 Å². The van der Waals surface area contributed by atoms with Gasteiger partial charge >= 0.3 is 65.7 Å². The molecular weight excluding hydrogens is 1760 g/mol. The number of nitrogens with zero attached hydrogens (tertiary/aromatic N) is 7. The number of phosphoric acid groups is 1. The molecule has 8 bridgehead atoms. The number of carboxylic acid groups (broad SMARTS) is 2. The molecule has 32 nitrogen and oxygen atoms in total. The molecule has 7 amide bonds. The van der Waals surface area contributed by atoms with Crippen molar-refractivity contribution in [2.75, 3.05) is 13.2 Å². The monoisotopic (exact) mass is 1890 g/mol. The molecule has 7 heterocycles. The molecule has 2 saturated heterocycles. The number of unbranched alkanes of at least 4 members (excludes halogenated alkanes) is 16. The van der Waals surface area contributed by atoms with Gasteiger partial charge in [-0.1, -0.05) is 164 Å². The van der Waals surface area contributed by atoms with Crippen molar-refractivity contribution in [1.82, 2.24) is 14.9 Å². The van der Waals surface area contributed by atoms with E-state index in [0.717, 1.165) is 36.8 Å². The van der Waals surface area contributed by atoms with Gasteiger partial charge in [0.05, 0.1) is 30.1 Å². The number of aromatic nitrogens is 2. The number of aliphatic hydroxyl groups excluding tert-OH is 2. The maximum Gasteiger partial charge on any atom is 3.00 e. The number of phosphoric ester groups is 1. The Morgan fingerprint density at radius 2 is 1.16 bits per heavy atom. The fourth-order valence-corrected chi connectivity index (χ4v) is 19.6. The number of imidazole rings is 1. The summed E-state index contributed by atoms with van der Waals surface area (Å²) in [5.74, 6) is -9.22. The molecule has 0 spiro atoms. The minimum atomic E-state index is -5.32. The number of amides is 7. The van der Waals surface area contributed by atoms with Gasteiger partial charge in [0.2, 0.25) is 41.4 Å². The summed E-state index contributed by atoms with van der Waals surface area (Å²) in [6.07, 6.45) is 17.5. The van der Waals surface area contributed by atoms with Crippen LogP contribution < -0.4 is 54.8 Å². The number of nitrogens with two attached hydrogens (primary N) is 6. The topological polar surface area (TPSA) is 569 Å². The average molecular weight is 1890 g/mol. The molecule has 676 valence electrons. The predicted octanol–water partition coefficient (Wildman–Crippen LogP) is 8.34. The number of fused-ring (bicyclic) bond motifs is 7. The number of primary amides is 6. The van der Waals surface area contributed by atoms with Gasteiger partial charge in [-0.05, 0) is 144 Å². The van der Waals surface area contributed by atoms with Gasteiger partial charge in [0.15, 0.2) is 6.23 Å². The molecular formula is C87H134BaCoN14O18P. The van der Waals surface area contributed by atoms with Crippen LogP contribution in [0.15, 0.2) is 67.8 Å². The minimum Gasteiger partial charge on any atom is -0.756 e. The number of hydrogen-bond donors (Lipinski definition) is 9. The van der Waals surface area contributed by atoms with Gasteiger partial charge in [-0.25, -0.2) is 4.98 Å². The van der Waals surface area contributed by atoms with Gasteiger partial charge in [-0.15, -0.1) is 0 Å². The van der Waals surface area contributed by atoms with Crippen molar-refractivity contribution in [3.8, 4) is 0 Å². The molecule has 0 saturated carbocycles. The van der Waals surface area contributed by atoms with E-state index in [2.05, 4.69) is 24.1 Å². The number of carboxylic acids is 2. The summed E-state index contributed by atoms with van der Waals surface area (Å²) in [4.78, 5) is 148. The molecule has 15 atom stereocenters. The summed E-state index contributed by atoms with van der Waals surface area (Å²) >= 11 is 0. The third-order valence-electron chi connectivity index (χ3n) is 25.4. The number of ether oxygens (including phenoxy) is 1. The van der Waals surface area contributed by atoms with Crippen LogP contribution in [0.3, 0.4) is 0 Å². The Kier molecular flexibility index (Phi) is 45.1. The van der Waals surface area contributed by atoms with Crippen LogP contribution in [0.4, 0.5) is 0 Å². The summed E-state index contributed by atoms with van der Waals surface area (Å²) in [6.45, 7) is 28.2. The fourth-order valence-electron chi connectivity index (χ4n) is 18.5. The van der Waals surface area contributed by atoms with Crippen LogP contribution in [-0.4, -0.2) is 188 Å². The zero-order chi connectivity index (χ0) is 90.0. The Morgan fingerprint density at radius 3 is 1.64 bits per heavy atom. The third-order valence-corrected chi connectivity index (χ3v) is 26.6. The number of benzene rings is 1. The molecule has 6 aliphatic heterocycles. The van der Waals surface area contributed by atoms with Crippen molar-refractivity contribution in [3.63, 3.8) is 0 Å². The van der Waals surface area contributed by atoms with E-state index < -0.39 is 155 Å². The zero-order valence-electron chi connectivity index (χ0n) is 73.9. The number of hydrogen-bond acceptors (Lipinski definition) is 23. The molecule has 2 fully saturated rings. The van der Waals surface area contributed by atoms with Gasteiger partial charge in [-0.2, -0.15) is 5.70 Å². The molecule has 0 aliphatic carbocycles. The Labute approximate surface area is 770 Å². The first kappa shape index (κ1) is 110. The van der Waals surface area contributed by atoms with Gasteiger partial charge in [-0.3, -0.25) is 53.1 Å². The van der Waals surface area contributed by atoms with Crippen LogP contribution in [0, 0.1) is 71.0 Å². The Bertz CT molecular complexity index is 4190. The largest absolute Gasteiger partial charge is 3.00 e. The first-order valence-corrected chi connectivity index (χ1v) is 44.1. The second kappa shape index (κ2) is 50.2. The SMILES string of the molecule is C/C1=C2N=C(/C=C3N=C(/C(C)=C4\[N-][C@@](C)([C@@H]5N=C1[C@](C)(CCC(=O)NCC(C)OP(=O)([O-])O[C@H]1[C@@H](O)[C@@H](n6cnc7cc(C)c(C)cc76)O[C@@H]1CO)[C@H]5CC(N)=O)[C@@](C)(CC(N)=O)[C@@H]4CCC(N)=O)[C@@](C)(CC(N)=O)[C@@H]\3CCC(N)=O)C(C)(C)[C@@H]/2CCC(N)=O.CCCCCCCCCCCC(=O)[O-].CCCCCCCCCCCC(=O)[O-].[Ba+2].[C-]#N.[Co+3]. The van der Waals surface area contributed by atoms with Crippen LogP contribution in [0.5, 0.6) is 0 Å². The number of aliphatic imine (C=N–C) groups is 3. The van der Waals surface area contributed by atoms with Crippen molar-refractivity contribution in [2.24, 2.45) is 94.7 Å². The smallest absolute Gasteiger partial charge is 0.756 e. The Hall–Kier alpha value is -6.49. The van der Waals surface area contributed by atoms with E-state index in [1.807, 2.05) is 80.5 Å². The van der Waals surface area contributed by atoms with Crippen LogP contribution in [0.25, 0.3) is 16.4 Å². The molecule has 2 aromatic rings. The molecule has 0 radical (unpaired) electrons. The molecule has 8 rings (SSSR count). The zero-order valence-corrected chi connectivity index (χ0v) is 80.3. The molecule has 1 aromatic heterocycles. The number of nitrogens with one attached hydrogen (secondary N) is 1. The van der Waals surface area contributed by atoms with Gasteiger partial charge < -0.3 is 110 Å². The van der Waals surface area contributed by atoms with E-state index in [9.17, 15) is 73.0 Å². The quantitative estimate of drug-likeness (QED) is 0.0130. The van der Waals surface area contributed by atoms with Crippen molar-refractivity contribution in [1.29, 1.82) is 5.26 Å². The van der Waals surface area contributed by atoms with Crippen molar-refractivity contribution >= 4 is 138 Å². The number of aryl methyl sites for hydroxylation is 2. The van der Waals surface area contributed by atoms with E-state index in [1.165, 1.54) is 108 Å². The number of aliphatic carboxylic acids is 2. The molecule has 122 heavy (non-hydrogen) atoms. The number of carbonyl (C=O) groups excluding carboxylic acids is 9. The first-order valence-electron chi connectivity index (χ1n) is 42.7. The average Bonchev–Trinajstić information content (AvgIpc) is 1.52. The summed E-state index contributed by atoms with van der Waals surface area (Å²) in [5.41, 5.74) is 36.7. The normalized spacial score (nSPS) is 27.6. The first-order chi connectivity index (χ1) is 56.4. The standard InChI is InChI=1S/C62H90N13O14P.2C12H24O2.CN.Ba.Co/c1-29-20-39-40(21-30(29)2)75(28-70-39)57-52(84)53(41(27-76)87-57)89-90(85,86)88-31(3)26-69-49(83)18-19-59(8)37(22-46(66)80)56-62(11)61(10,25-48(68)82)36(14-17-45(65)79)51(74-62)33(5)55-60(9,24-47(67)81)34(12-15-43(63)77)38(71-55)23-42-58(6,7)35(13-16-44(64)78)50(72-42)32(4)54(59)73-56;2*1-2-3-4-5-6-7-8-9-10-11-12(13)14;1-2;;/h20-21,23,28,31,34-37,41,52-53,56-57,76,84H,12-19,22,24-27H2,1-11H3,(H15,63,64,65,66,67,68,69,71,72,73,74,77,78,79,80,81,82,83,85,86);2*2-11H2,1H3,(H,13,14);;;/q;;;-1;+2;+3/p-4/t31?,34-,35-,36-,37+,41-,52-,53-,56-,57+,59-,60+,61+,62+;;;;;/m1...../s1. The molecule has 15 N–H and O–H groups in total. The second-order valence-corrected chi connectivity index (χ2v) is 36.2. The van der Waals surface area contributed by atoms with Crippen molar-refractivity contribution < 1.29 is 104 Å². The Morgan fingerprint density at radius 1 is 0.664 bits per heavy atom. The molecule has 35 heteroatoms. The number of allylic oxidation sites excluding steroid dienone is 6. The molecule has 2 unspecified atom stereocenters. The van der Waals surface area contributed by atoms with E-state index in [-0.39, 0.29) is 156 Å². The summed E-state index contributed by atoms with van der Waals surface area (Å²) in [7, 11) is -5.32. The number of carbonyl (C=O) groups is 9. The minimum absolute atomic E-state index is 0. The van der Waals surface area contributed by atoms with E-state index >= 15 is 0 Å². The second-order valence-electron chi connectivity index (χ2n) is 34.9. The Balaban J connectivity index is 0.00000102. The maximum atomic E-state index is 14.4. The molecule has 1 aromatic carbocycles. The summed E-state index contributed by atoms with van der Waals surface area (Å²) in [6, 6.07) is 2.65. The number of aliphatic hydroxyl groups is 2. The third kappa shape index (κ3) is 29.0. The van der Waals surface area contributed by atoms with Crippen LogP contribution >= 0.6 is 7.82 Å². The predicted molar refractivity (Wildman–Crippen MR) is 456 cm³/mol. The molecule has 6 aliphatic rings. The van der Waals surface area contributed by atoms with Crippen molar-refractivity contribution in [3.05, 3.63) is 75.8 Å². The maximum absolute atomic E-state index is 14.4. The van der Waals surface area contributed by atoms with Crippen LogP contribution in [-0.2, 0) is 78.3 Å². The summed E-state index contributed by atoms with van der Waals surface area (Å²) < 4.78 is 31.9. The van der Waals surface area contributed by atoms with Gasteiger partial charge in [0, 0.05) is 126 Å². The fraction of sp³-hybridized carbons (Fsp3) is 0.701. The van der Waals surface area contributed by atoms with Crippen molar-refractivity contribution in [2.45, 2.75) is 331 Å². The van der Waals surface area contributed by atoms with E-state index in [0.29, 0.717) is 56.4 Å². The van der Waals surface area contributed by atoms with Gasteiger partial charge in [0.1, 0.15) is 18.3 Å².